The highest BCUT2D eigenvalue weighted by atomic mass is 15.1. The highest BCUT2D eigenvalue weighted by Crippen LogP contribution is 2.30. The third-order valence-corrected chi connectivity index (χ3v) is 5.20. The molecule has 0 aliphatic carbocycles. The van der Waals surface area contributed by atoms with Gasteiger partial charge in [0.05, 0.1) is 22.9 Å². The molecule has 0 amide bonds. The number of nitrogens with one attached hydrogen (secondary N) is 1. The van der Waals surface area contributed by atoms with Crippen LogP contribution in [-0.4, -0.2) is 32.1 Å². The molecule has 3 aromatic carbocycles. The van der Waals surface area contributed by atoms with Gasteiger partial charge in [0.2, 0.25) is 0 Å². The predicted molar refractivity (Wildman–Crippen MR) is 116 cm³/mol. The number of rotatable bonds is 5. The van der Waals surface area contributed by atoms with Crippen LogP contribution >= 0.6 is 0 Å². The predicted octanol–water partition coefficient (Wildman–Crippen LogP) is 4.81. The fourth-order valence-electron chi connectivity index (χ4n) is 3.87. The second-order valence-electron chi connectivity index (χ2n) is 7.35. The lowest BCUT2D eigenvalue weighted by Gasteiger charge is -2.17. The Morgan fingerprint density at radius 3 is 2.62 bits per heavy atom. The molecule has 2 heterocycles. The summed E-state index contributed by atoms with van der Waals surface area (Å²) < 4.78 is 0. The first-order chi connectivity index (χ1) is 14.3. The minimum absolute atomic E-state index is 0.799. The van der Waals surface area contributed by atoms with Crippen LogP contribution in [-0.2, 0) is 13.1 Å². The van der Waals surface area contributed by atoms with Gasteiger partial charge in [0.1, 0.15) is 0 Å². The van der Waals surface area contributed by atoms with Crippen LogP contribution in [0.5, 0.6) is 0 Å². The summed E-state index contributed by atoms with van der Waals surface area (Å²) in [5.41, 5.74) is 6.52. The van der Waals surface area contributed by atoms with E-state index in [-0.39, 0.29) is 0 Å². The number of nitrogens with zero attached hydrogens (tertiary/aromatic N) is 4. The van der Waals surface area contributed by atoms with Crippen molar-refractivity contribution in [3.8, 4) is 11.3 Å². The van der Waals surface area contributed by atoms with Crippen molar-refractivity contribution >= 4 is 21.8 Å². The van der Waals surface area contributed by atoms with Crippen molar-refractivity contribution in [3.63, 3.8) is 0 Å². The Hall–Kier alpha value is -3.57. The maximum Gasteiger partial charge on any atom is 0.0890 e. The molecule has 142 valence electrons. The number of aromatic amines is 1. The van der Waals surface area contributed by atoms with Crippen molar-refractivity contribution in [2.75, 3.05) is 7.05 Å². The summed E-state index contributed by atoms with van der Waals surface area (Å²) in [6, 6.07) is 21.1. The Balaban J connectivity index is 1.40. The Kier molecular flexibility index (Phi) is 4.50. The van der Waals surface area contributed by atoms with Crippen molar-refractivity contribution in [1.82, 2.24) is 25.1 Å². The summed E-state index contributed by atoms with van der Waals surface area (Å²) in [7, 11) is 2.13. The number of hydrogen-bond acceptors (Lipinski definition) is 4. The zero-order valence-electron chi connectivity index (χ0n) is 16.2. The molecule has 5 nitrogen and oxygen atoms in total. The van der Waals surface area contributed by atoms with Crippen molar-refractivity contribution in [2.45, 2.75) is 13.1 Å². The summed E-state index contributed by atoms with van der Waals surface area (Å²) in [6.07, 6.45) is 5.39. The largest absolute Gasteiger partial charge is 0.298 e. The molecule has 5 rings (SSSR count). The third kappa shape index (κ3) is 3.48. The second-order valence-corrected chi connectivity index (χ2v) is 7.35. The number of fused-ring (bicyclic) bond motifs is 2. The molecule has 0 saturated heterocycles. The molecule has 29 heavy (non-hydrogen) atoms. The van der Waals surface area contributed by atoms with Gasteiger partial charge < -0.3 is 0 Å². The van der Waals surface area contributed by atoms with Crippen molar-refractivity contribution in [1.29, 1.82) is 0 Å². The zero-order valence-corrected chi connectivity index (χ0v) is 16.2. The summed E-state index contributed by atoms with van der Waals surface area (Å²) in [6.45, 7) is 1.63. The van der Waals surface area contributed by atoms with Gasteiger partial charge in [-0.1, -0.05) is 48.5 Å². The molecular weight excluding hydrogens is 358 g/mol. The monoisotopic (exact) mass is 379 g/mol. The summed E-state index contributed by atoms with van der Waals surface area (Å²) in [5, 5.41) is 10.0. The standard InChI is InChI=1S/C24H21N5/c1-29(15-17-9-10-22-23(13-17)26-12-11-25-22)16-19-14-27-28-24(19)21-8-4-6-18-5-2-3-7-20(18)21/h2-14H,15-16H2,1H3,(H,27,28). The Bertz CT molecular complexity index is 1290. The minimum Gasteiger partial charge on any atom is -0.298 e. The molecule has 0 aliphatic rings. The van der Waals surface area contributed by atoms with Crippen LogP contribution in [0.1, 0.15) is 11.1 Å². The van der Waals surface area contributed by atoms with Gasteiger partial charge in [-0.15, -0.1) is 0 Å². The van der Waals surface area contributed by atoms with Crippen LogP contribution in [0.15, 0.2) is 79.3 Å². The molecule has 0 unspecified atom stereocenters. The van der Waals surface area contributed by atoms with Gasteiger partial charge in [-0.25, -0.2) is 0 Å². The molecule has 0 bridgehead atoms. The van der Waals surface area contributed by atoms with Crippen LogP contribution in [0.2, 0.25) is 0 Å². The normalized spacial score (nSPS) is 11.5. The molecule has 2 aromatic heterocycles. The summed E-state index contributed by atoms with van der Waals surface area (Å²) in [4.78, 5) is 11.0. The van der Waals surface area contributed by atoms with Gasteiger partial charge in [-0.05, 0) is 35.5 Å². The van der Waals surface area contributed by atoms with Gasteiger partial charge >= 0.3 is 0 Å². The van der Waals surface area contributed by atoms with E-state index in [1.807, 2.05) is 12.3 Å². The first-order valence-electron chi connectivity index (χ1n) is 9.66. The SMILES string of the molecule is CN(Cc1ccc2nccnc2c1)Cc1cn[nH]c1-c1cccc2ccccc12. The molecule has 0 atom stereocenters. The number of benzene rings is 3. The van der Waals surface area contributed by atoms with E-state index in [4.69, 9.17) is 0 Å². The van der Waals surface area contributed by atoms with E-state index in [1.165, 1.54) is 27.5 Å². The van der Waals surface area contributed by atoms with E-state index >= 15 is 0 Å². The van der Waals surface area contributed by atoms with Gasteiger partial charge in [-0.3, -0.25) is 20.0 Å². The lowest BCUT2D eigenvalue weighted by molar-refractivity contribution is 0.319. The molecule has 0 fully saturated rings. The highest BCUT2D eigenvalue weighted by molar-refractivity contribution is 5.96. The van der Waals surface area contributed by atoms with Crippen LogP contribution in [0, 0.1) is 0 Å². The van der Waals surface area contributed by atoms with Crippen molar-refractivity contribution in [2.24, 2.45) is 0 Å². The fraction of sp³-hybridized carbons (Fsp3) is 0.125. The van der Waals surface area contributed by atoms with Crippen LogP contribution in [0.4, 0.5) is 0 Å². The Labute approximate surface area is 169 Å². The van der Waals surface area contributed by atoms with E-state index in [9.17, 15) is 0 Å². The van der Waals surface area contributed by atoms with Crippen molar-refractivity contribution in [3.05, 3.63) is 90.4 Å². The quantitative estimate of drug-likeness (QED) is 0.476. The van der Waals surface area contributed by atoms with Gasteiger partial charge in [-0.2, -0.15) is 5.10 Å². The average Bonchev–Trinajstić information content (AvgIpc) is 3.21. The number of hydrogen-bond donors (Lipinski definition) is 1. The molecule has 5 heteroatoms. The molecule has 0 aliphatic heterocycles. The topological polar surface area (TPSA) is 57.7 Å². The zero-order chi connectivity index (χ0) is 19.6. The van der Waals surface area contributed by atoms with Crippen molar-refractivity contribution < 1.29 is 0 Å². The first kappa shape index (κ1) is 17.5. The molecule has 0 spiro atoms. The highest BCUT2D eigenvalue weighted by Gasteiger charge is 2.13. The maximum atomic E-state index is 4.41. The number of aromatic nitrogens is 4. The molecule has 0 radical (unpaired) electrons. The Morgan fingerprint density at radius 2 is 1.69 bits per heavy atom. The molecule has 5 aromatic rings. The summed E-state index contributed by atoms with van der Waals surface area (Å²) in [5.74, 6) is 0. The van der Waals surface area contributed by atoms with E-state index in [2.05, 4.69) is 86.7 Å². The lowest BCUT2D eigenvalue weighted by Crippen LogP contribution is -2.17. The first-order valence-corrected chi connectivity index (χ1v) is 9.66. The second kappa shape index (κ2) is 7.45. The smallest absolute Gasteiger partial charge is 0.0890 e. The number of H-pyrrole nitrogens is 1. The maximum absolute atomic E-state index is 4.41. The van der Waals surface area contributed by atoms with Crippen LogP contribution in [0.25, 0.3) is 33.1 Å². The molecule has 1 N–H and O–H groups in total. The minimum atomic E-state index is 0.799. The fourth-order valence-corrected chi connectivity index (χ4v) is 3.87. The van der Waals surface area contributed by atoms with Crippen LogP contribution < -0.4 is 0 Å². The van der Waals surface area contributed by atoms with E-state index in [0.717, 1.165) is 29.8 Å². The van der Waals surface area contributed by atoms with Gasteiger partial charge in [0, 0.05) is 36.6 Å². The Morgan fingerprint density at radius 1 is 0.862 bits per heavy atom. The molecule has 0 saturated carbocycles. The van der Waals surface area contributed by atoms with Gasteiger partial charge in [0.25, 0.3) is 0 Å². The van der Waals surface area contributed by atoms with Gasteiger partial charge in [0.15, 0.2) is 0 Å². The third-order valence-electron chi connectivity index (χ3n) is 5.20. The molecular formula is C24H21N5. The summed E-state index contributed by atoms with van der Waals surface area (Å²) >= 11 is 0. The van der Waals surface area contributed by atoms with E-state index in [1.54, 1.807) is 12.4 Å². The van der Waals surface area contributed by atoms with E-state index < -0.39 is 0 Å². The van der Waals surface area contributed by atoms with Crippen LogP contribution in [0.3, 0.4) is 0 Å². The van der Waals surface area contributed by atoms with E-state index in [0.29, 0.717) is 0 Å². The lowest BCUT2D eigenvalue weighted by atomic mass is 10.00. The average molecular weight is 379 g/mol.